The number of non-ortho nitro benzene ring substituents is 1. The number of nitrogens with zero attached hydrogens (tertiary/aromatic N) is 1. The van der Waals surface area contributed by atoms with Gasteiger partial charge in [-0.15, -0.1) is 0 Å². The molecule has 1 saturated carbocycles. The largest absolute Gasteiger partial charge is 0.530 e. The third-order valence-electron chi connectivity index (χ3n) is 5.36. The first-order chi connectivity index (χ1) is 13.7. The van der Waals surface area contributed by atoms with E-state index in [2.05, 4.69) is 11.2 Å². The van der Waals surface area contributed by atoms with Crippen LogP contribution in [-0.2, 0) is 4.79 Å². The van der Waals surface area contributed by atoms with Gasteiger partial charge in [0.05, 0.1) is 11.0 Å². The number of benzene rings is 1. The molecular formula is C21H25N2O4Si. The minimum Gasteiger partial charge on any atom is -0.530 e. The van der Waals surface area contributed by atoms with E-state index in [0.717, 1.165) is 43.8 Å². The minimum absolute atomic E-state index is 0.0495. The van der Waals surface area contributed by atoms with Gasteiger partial charge in [0.25, 0.3) is 5.69 Å². The van der Waals surface area contributed by atoms with Crippen LogP contribution < -0.4 is 9.74 Å². The topological polar surface area (TPSA) is 81.5 Å². The highest BCUT2D eigenvalue weighted by Gasteiger charge is 2.50. The summed E-state index contributed by atoms with van der Waals surface area (Å²) in [6.45, 7) is 0. The van der Waals surface area contributed by atoms with Gasteiger partial charge < -0.3 is 9.74 Å². The molecule has 1 unspecified atom stereocenters. The molecule has 1 radical (unpaired) electrons. The van der Waals surface area contributed by atoms with Gasteiger partial charge in [0.1, 0.15) is 5.75 Å². The number of allylic oxidation sites excluding steroid dienone is 4. The maximum absolute atomic E-state index is 12.5. The SMILES string of the molecule is O=[C][Si](Oc1cccc([N+](=O)[O-])c1)(C1=CC=CC=CN1)C1CCCCCCC1. The van der Waals surface area contributed by atoms with Crippen molar-refractivity contribution in [1.29, 1.82) is 0 Å². The molecule has 1 N–H and O–H groups in total. The third kappa shape index (κ3) is 4.59. The molecule has 0 aromatic heterocycles. The number of rotatable bonds is 6. The maximum Gasteiger partial charge on any atom is 0.380 e. The fourth-order valence-electron chi connectivity index (χ4n) is 3.91. The zero-order valence-corrected chi connectivity index (χ0v) is 16.8. The summed E-state index contributed by atoms with van der Waals surface area (Å²) >= 11 is 0. The highest BCUT2D eigenvalue weighted by molar-refractivity contribution is 7.03. The van der Waals surface area contributed by atoms with Crippen molar-refractivity contribution in [3.63, 3.8) is 0 Å². The Balaban J connectivity index is 2.01. The molecule has 0 spiro atoms. The van der Waals surface area contributed by atoms with Gasteiger partial charge in [-0.1, -0.05) is 50.3 Å². The van der Waals surface area contributed by atoms with E-state index in [0.29, 0.717) is 5.75 Å². The lowest BCUT2D eigenvalue weighted by atomic mass is 10.0. The molecule has 28 heavy (non-hydrogen) atoms. The average molecular weight is 398 g/mol. The number of carbonyl (C=O) groups excluding carboxylic acids is 1. The molecular weight excluding hydrogens is 372 g/mol. The van der Waals surface area contributed by atoms with Crippen molar-refractivity contribution in [3.8, 4) is 5.75 Å². The fraction of sp³-hybridized carbons (Fsp3) is 0.381. The van der Waals surface area contributed by atoms with Crippen molar-refractivity contribution in [2.75, 3.05) is 0 Å². The van der Waals surface area contributed by atoms with Crippen molar-refractivity contribution in [1.82, 2.24) is 5.32 Å². The standard InChI is InChI=1S/C21H25N2O4Si/c24-17-28(21-14-7-4-8-15-22-21,20-12-5-2-1-3-6-13-20)27-19-11-9-10-18(16-19)23(25)26/h4,7-11,14-16,20,22H,1-3,5-6,12-13H2. The summed E-state index contributed by atoms with van der Waals surface area (Å²) in [5.41, 5.74) is 0.0229. The van der Waals surface area contributed by atoms with Crippen molar-refractivity contribution in [2.45, 2.75) is 50.5 Å². The van der Waals surface area contributed by atoms with Gasteiger partial charge in [0, 0.05) is 23.1 Å². The predicted octanol–water partition coefficient (Wildman–Crippen LogP) is 4.78. The average Bonchev–Trinajstić information content (AvgIpc) is 2.96. The van der Waals surface area contributed by atoms with Crippen molar-refractivity contribution >= 4 is 19.9 Å². The molecule has 0 amide bonds. The van der Waals surface area contributed by atoms with Crippen LogP contribution in [0.5, 0.6) is 5.75 Å². The van der Waals surface area contributed by atoms with Crippen LogP contribution in [0.3, 0.4) is 0 Å². The molecule has 1 aromatic carbocycles. The second-order valence-electron chi connectivity index (χ2n) is 7.20. The Labute approximate surface area is 166 Å². The Hall–Kier alpha value is -2.67. The summed E-state index contributed by atoms with van der Waals surface area (Å²) in [5, 5.41) is 15.1. The maximum atomic E-state index is 12.5. The first kappa shape index (κ1) is 20.1. The Bertz CT molecular complexity index is 797. The van der Waals surface area contributed by atoms with Crippen LogP contribution in [0, 0.1) is 10.1 Å². The van der Waals surface area contributed by atoms with Crippen LogP contribution in [0.1, 0.15) is 44.9 Å². The van der Waals surface area contributed by atoms with Crippen LogP contribution in [0.25, 0.3) is 0 Å². The quantitative estimate of drug-likeness (QED) is 0.424. The van der Waals surface area contributed by atoms with Gasteiger partial charge in [-0.3, -0.25) is 14.9 Å². The van der Waals surface area contributed by atoms with Crippen LogP contribution in [-0.4, -0.2) is 19.2 Å². The molecule has 1 fully saturated rings. The van der Waals surface area contributed by atoms with Gasteiger partial charge in [-0.25, -0.2) is 0 Å². The molecule has 0 bridgehead atoms. The molecule has 1 atom stereocenters. The summed E-state index contributed by atoms with van der Waals surface area (Å²) in [4.78, 5) is 23.2. The lowest BCUT2D eigenvalue weighted by Crippen LogP contribution is -2.54. The van der Waals surface area contributed by atoms with Crippen molar-refractivity contribution in [2.24, 2.45) is 0 Å². The highest BCUT2D eigenvalue weighted by Crippen LogP contribution is 2.39. The summed E-state index contributed by atoms with van der Waals surface area (Å²) in [5.74, 6) is 2.68. The number of nitro groups is 1. The summed E-state index contributed by atoms with van der Waals surface area (Å²) in [7, 11) is -3.23. The summed E-state index contributed by atoms with van der Waals surface area (Å²) < 4.78 is 6.39. The second-order valence-corrected chi connectivity index (χ2v) is 10.4. The van der Waals surface area contributed by atoms with E-state index < -0.39 is 13.2 Å². The van der Waals surface area contributed by atoms with Crippen molar-refractivity contribution in [3.05, 3.63) is 70.2 Å². The number of hydrogen-bond donors (Lipinski definition) is 1. The summed E-state index contributed by atoms with van der Waals surface area (Å²) in [6.07, 6.45) is 16.7. The minimum atomic E-state index is -3.23. The van der Waals surface area contributed by atoms with Crippen LogP contribution in [0.4, 0.5) is 5.69 Å². The molecule has 7 heteroatoms. The Kier molecular flexibility index (Phi) is 6.81. The van der Waals surface area contributed by atoms with E-state index in [9.17, 15) is 14.9 Å². The Morgan fingerprint density at radius 1 is 1.11 bits per heavy atom. The van der Waals surface area contributed by atoms with Crippen LogP contribution in [0.15, 0.2) is 60.1 Å². The molecule has 0 saturated heterocycles. The van der Waals surface area contributed by atoms with E-state index in [1.165, 1.54) is 18.6 Å². The molecule has 1 aliphatic carbocycles. The molecule has 1 aliphatic heterocycles. The number of nitro benzene ring substituents is 1. The molecule has 1 aromatic rings. The third-order valence-corrected chi connectivity index (χ3v) is 9.06. The van der Waals surface area contributed by atoms with E-state index in [1.54, 1.807) is 18.3 Å². The fourth-order valence-corrected chi connectivity index (χ4v) is 7.31. The van der Waals surface area contributed by atoms with Gasteiger partial charge in [-0.05, 0) is 31.1 Å². The molecule has 3 rings (SSSR count). The lowest BCUT2D eigenvalue weighted by molar-refractivity contribution is -0.384. The normalized spacial score (nSPS) is 19.9. The Morgan fingerprint density at radius 2 is 1.86 bits per heavy atom. The van der Waals surface area contributed by atoms with Gasteiger partial charge >= 0.3 is 8.32 Å². The van der Waals surface area contributed by atoms with E-state index in [-0.39, 0.29) is 11.2 Å². The first-order valence-electron chi connectivity index (χ1n) is 9.79. The van der Waals surface area contributed by atoms with E-state index >= 15 is 0 Å². The zero-order chi connectivity index (χ0) is 19.8. The van der Waals surface area contributed by atoms with E-state index in [4.69, 9.17) is 4.43 Å². The van der Waals surface area contributed by atoms with Crippen molar-refractivity contribution < 1.29 is 14.1 Å². The van der Waals surface area contributed by atoms with Crippen LogP contribution >= 0.6 is 0 Å². The summed E-state index contributed by atoms with van der Waals surface area (Å²) in [6, 6.07) is 6.08. The second kappa shape index (κ2) is 9.50. The lowest BCUT2D eigenvalue weighted by Gasteiger charge is -2.36. The van der Waals surface area contributed by atoms with Crippen LogP contribution in [0.2, 0.25) is 5.54 Å². The smallest absolute Gasteiger partial charge is 0.380 e. The molecule has 2 aliphatic rings. The predicted molar refractivity (Wildman–Crippen MR) is 111 cm³/mol. The number of hydrogen-bond acceptors (Lipinski definition) is 5. The molecule has 147 valence electrons. The van der Waals surface area contributed by atoms with Gasteiger partial charge in [0.15, 0.2) is 0 Å². The monoisotopic (exact) mass is 397 g/mol. The first-order valence-corrected chi connectivity index (χ1v) is 11.8. The molecule has 6 nitrogen and oxygen atoms in total. The zero-order valence-electron chi connectivity index (χ0n) is 15.8. The Morgan fingerprint density at radius 3 is 2.57 bits per heavy atom. The highest BCUT2D eigenvalue weighted by atomic mass is 28.4. The molecule has 1 heterocycles. The van der Waals surface area contributed by atoms with Gasteiger partial charge in [0.2, 0.25) is 5.91 Å². The van der Waals surface area contributed by atoms with E-state index in [1.807, 2.05) is 24.3 Å². The number of nitrogens with one attached hydrogen (secondary N) is 1. The van der Waals surface area contributed by atoms with Gasteiger partial charge in [-0.2, -0.15) is 0 Å².